The van der Waals surface area contributed by atoms with E-state index in [-0.39, 0.29) is 5.91 Å². The van der Waals surface area contributed by atoms with Gasteiger partial charge in [-0.25, -0.2) is 0 Å². The minimum atomic E-state index is 0.0452. The Kier molecular flexibility index (Phi) is 7.99. The number of hydrogen-bond acceptors (Lipinski definition) is 1. The minimum absolute atomic E-state index is 0.0452. The molecule has 0 aromatic heterocycles. The maximum absolute atomic E-state index is 12.2. The van der Waals surface area contributed by atoms with Gasteiger partial charge in [-0.15, -0.1) is 0 Å². The van der Waals surface area contributed by atoms with Gasteiger partial charge in [0.1, 0.15) is 0 Å². The zero-order valence-electron chi connectivity index (χ0n) is 11.5. The Morgan fingerprint density at radius 3 is 2.79 bits per heavy atom. The summed E-state index contributed by atoms with van der Waals surface area (Å²) in [5, 5.41) is 4.07. The van der Waals surface area contributed by atoms with Crippen molar-refractivity contribution in [3.05, 3.63) is 32.9 Å². The molecular weight excluding hydrogens is 417 g/mol. The molecule has 0 saturated carbocycles. The van der Waals surface area contributed by atoms with E-state index in [0.29, 0.717) is 5.92 Å². The molecule has 19 heavy (non-hydrogen) atoms. The number of aryl methyl sites for hydroxylation is 1. The van der Waals surface area contributed by atoms with Gasteiger partial charge in [0, 0.05) is 15.4 Å². The van der Waals surface area contributed by atoms with Gasteiger partial charge >= 0.3 is 0 Å². The van der Waals surface area contributed by atoms with Crippen molar-refractivity contribution in [3.63, 3.8) is 0 Å². The molecule has 0 radical (unpaired) electrons. The summed E-state index contributed by atoms with van der Waals surface area (Å²) in [4.78, 5) is 12.2. The van der Waals surface area contributed by atoms with Crippen LogP contribution in [0.1, 0.15) is 42.1 Å². The number of hydrogen-bond donors (Lipinski definition) is 1. The van der Waals surface area contributed by atoms with Crippen LogP contribution in [0.25, 0.3) is 0 Å². The molecule has 0 aliphatic carbocycles. The van der Waals surface area contributed by atoms with E-state index in [1.54, 1.807) is 0 Å². The lowest BCUT2D eigenvalue weighted by molar-refractivity contribution is 0.0945. The molecule has 0 fully saturated rings. The highest BCUT2D eigenvalue weighted by atomic mass is 127. The van der Waals surface area contributed by atoms with Crippen LogP contribution in [0.5, 0.6) is 0 Å². The Bertz CT molecular complexity index is 417. The summed E-state index contributed by atoms with van der Waals surface area (Å²) in [6, 6.07) is 5.86. The fraction of sp³-hybridized carbons (Fsp3) is 0.533. The molecule has 1 aromatic carbocycles. The molecule has 1 unspecified atom stereocenters. The Morgan fingerprint density at radius 2 is 2.16 bits per heavy atom. The summed E-state index contributed by atoms with van der Waals surface area (Å²) < 4.78 is 1.05. The van der Waals surface area contributed by atoms with Crippen molar-refractivity contribution in [2.75, 3.05) is 11.9 Å². The van der Waals surface area contributed by atoms with Crippen LogP contribution in [-0.2, 0) is 0 Å². The molecule has 0 aliphatic heterocycles. The number of halogens is 2. The Morgan fingerprint density at radius 1 is 1.42 bits per heavy atom. The third kappa shape index (κ3) is 5.42. The number of rotatable bonds is 7. The third-order valence-corrected chi connectivity index (χ3v) is 5.09. The van der Waals surface area contributed by atoms with Gasteiger partial charge < -0.3 is 5.32 Å². The van der Waals surface area contributed by atoms with Gasteiger partial charge in [-0.3, -0.25) is 4.79 Å². The highest BCUT2D eigenvalue weighted by Gasteiger charge is 2.13. The Hall–Kier alpha value is -0.100. The van der Waals surface area contributed by atoms with Crippen LogP contribution in [0.4, 0.5) is 0 Å². The molecule has 1 N–H and O–H groups in total. The lowest BCUT2D eigenvalue weighted by Crippen LogP contribution is -2.30. The van der Waals surface area contributed by atoms with Crippen LogP contribution in [0.2, 0.25) is 0 Å². The molecule has 0 heterocycles. The lowest BCUT2D eigenvalue weighted by Gasteiger charge is -2.16. The van der Waals surface area contributed by atoms with Gasteiger partial charge in [0.05, 0.1) is 5.56 Å². The second-order valence-corrected chi connectivity index (χ2v) is 6.65. The van der Waals surface area contributed by atoms with E-state index in [0.717, 1.165) is 45.8 Å². The number of alkyl halides is 1. The van der Waals surface area contributed by atoms with Crippen molar-refractivity contribution in [1.82, 2.24) is 5.32 Å². The molecule has 1 rings (SSSR count). The molecule has 1 amide bonds. The summed E-state index contributed by atoms with van der Waals surface area (Å²) in [6.45, 7) is 4.98. The molecule has 0 bridgehead atoms. The molecule has 1 atom stereocenters. The van der Waals surface area contributed by atoms with Gasteiger partial charge in [-0.05, 0) is 59.9 Å². The van der Waals surface area contributed by atoms with Crippen LogP contribution < -0.4 is 5.32 Å². The standard InChI is InChI=1S/C15H21BrINO/c1-3-5-12(8-9-16)10-18-15(19)13-7-4-6-11(2)14(13)17/h4,6-7,12H,3,5,8-10H2,1-2H3,(H,18,19). The summed E-state index contributed by atoms with van der Waals surface area (Å²) in [5.74, 6) is 0.611. The van der Waals surface area contributed by atoms with Crippen molar-refractivity contribution < 1.29 is 4.79 Å². The maximum Gasteiger partial charge on any atom is 0.252 e. The van der Waals surface area contributed by atoms with E-state index in [1.807, 2.05) is 25.1 Å². The molecule has 106 valence electrons. The Balaban J connectivity index is 2.61. The molecule has 0 aliphatic rings. The molecule has 1 aromatic rings. The van der Waals surface area contributed by atoms with Crippen molar-refractivity contribution in [2.45, 2.75) is 33.1 Å². The molecule has 2 nitrogen and oxygen atoms in total. The second kappa shape index (κ2) is 8.95. The molecule has 4 heteroatoms. The van der Waals surface area contributed by atoms with Crippen LogP contribution in [0.3, 0.4) is 0 Å². The average Bonchev–Trinajstić information content (AvgIpc) is 2.39. The largest absolute Gasteiger partial charge is 0.352 e. The van der Waals surface area contributed by atoms with Gasteiger partial charge in [-0.2, -0.15) is 0 Å². The predicted octanol–water partition coefficient (Wildman–Crippen LogP) is 4.53. The quantitative estimate of drug-likeness (QED) is 0.492. The van der Waals surface area contributed by atoms with Gasteiger partial charge in [0.25, 0.3) is 5.91 Å². The van der Waals surface area contributed by atoms with Crippen molar-refractivity contribution >= 4 is 44.4 Å². The lowest BCUT2D eigenvalue weighted by atomic mass is 10.0. The first-order valence-corrected chi connectivity index (χ1v) is 8.89. The van der Waals surface area contributed by atoms with E-state index in [4.69, 9.17) is 0 Å². The second-order valence-electron chi connectivity index (χ2n) is 4.78. The monoisotopic (exact) mass is 437 g/mol. The van der Waals surface area contributed by atoms with Crippen molar-refractivity contribution in [1.29, 1.82) is 0 Å². The summed E-state index contributed by atoms with van der Waals surface area (Å²) >= 11 is 5.72. The van der Waals surface area contributed by atoms with Crippen LogP contribution >= 0.6 is 38.5 Å². The summed E-state index contributed by atoms with van der Waals surface area (Å²) in [6.07, 6.45) is 3.44. The van der Waals surface area contributed by atoms with E-state index in [1.165, 1.54) is 0 Å². The number of carbonyl (C=O) groups is 1. The van der Waals surface area contributed by atoms with Crippen LogP contribution in [-0.4, -0.2) is 17.8 Å². The van der Waals surface area contributed by atoms with Crippen LogP contribution in [0.15, 0.2) is 18.2 Å². The van der Waals surface area contributed by atoms with E-state index in [2.05, 4.69) is 50.8 Å². The highest BCUT2D eigenvalue weighted by Crippen LogP contribution is 2.17. The topological polar surface area (TPSA) is 29.1 Å². The first kappa shape index (κ1) is 17.0. The predicted molar refractivity (Wildman–Crippen MR) is 93.0 cm³/mol. The highest BCUT2D eigenvalue weighted by molar-refractivity contribution is 14.1. The SMILES string of the molecule is CCCC(CCBr)CNC(=O)c1cccc(C)c1I. The number of carbonyl (C=O) groups excluding carboxylic acids is 1. The van der Waals surface area contributed by atoms with Crippen molar-refractivity contribution in [2.24, 2.45) is 5.92 Å². The average molecular weight is 438 g/mol. The van der Waals surface area contributed by atoms with Gasteiger partial charge in [-0.1, -0.05) is 41.4 Å². The Labute approximate surface area is 138 Å². The number of nitrogens with one attached hydrogen (secondary N) is 1. The fourth-order valence-corrected chi connectivity index (χ4v) is 3.32. The minimum Gasteiger partial charge on any atom is -0.352 e. The van der Waals surface area contributed by atoms with E-state index >= 15 is 0 Å². The van der Waals surface area contributed by atoms with Crippen molar-refractivity contribution in [3.8, 4) is 0 Å². The first-order valence-electron chi connectivity index (χ1n) is 6.69. The fourth-order valence-electron chi connectivity index (χ4n) is 2.07. The molecule has 0 saturated heterocycles. The number of benzene rings is 1. The number of amides is 1. The zero-order chi connectivity index (χ0) is 14.3. The summed E-state index contributed by atoms with van der Waals surface area (Å²) in [5.41, 5.74) is 1.94. The molecular formula is C15H21BrINO. The van der Waals surface area contributed by atoms with Gasteiger partial charge in [0.15, 0.2) is 0 Å². The van der Waals surface area contributed by atoms with Crippen LogP contribution in [0, 0.1) is 16.4 Å². The van der Waals surface area contributed by atoms with E-state index in [9.17, 15) is 4.79 Å². The van der Waals surface area contributed by atoms with Gasteiger partial charge in [0.2, 0.25) is 0 Å². The smallest absolute Gasteiger partial charge is 0.252 e. The normalized spacial score (nSPS) is 12.2. The maximum atomic E-state index is 12.2. The first-order chi connectivity index (χ1) is 9.10. The third-order valence-electron chi connectivity index (χ3n) is 3.20. The molecule has 0 spiro atoms. The zero-order valence-corrected chi connectivity index (χ0v) is 15.3. The summed E-state index contributed by atoms with van der Waals surface area (Å²) in [7, 11) is 0. The van der Waals surface area contributed by atoms with E-state index < -0.39 is 0 Å².